The molecule has 1 atom stereocenters. The summed E-state index contributed by atoms with van der Waals surface area (Å²) in [4.78, 5) is 12.4. The molecule has 0 aliphatic carbocycles. The summed E-state index contributed by atoms with van der Waals surface area (Å²) in [5, 5.41) is 9.07. The Kier molecular flexibility index (Phi) is 2.96. The number of anilines is 1. The quantitative estimate of drug-likeness (QED) is 0.703. The standard InChI is InChI=1S/C11H14N2O3/c12-9-3-1-8(2-4-9)10-7-16-6-5-13(10)11(14)15/h1-4,10H,5-7,12H2,(H,14,15)/t10-/m0/s1. The van der Waals surface area contributed by atoms with Gasteiger partial charge in [0.15, 0.2) is 0 Å². The predicted molar refractivity (Wildman–Crippen MR) is 59.1 cm³/mol. The van der Waals surface area contributed by atoms with E-state index in [4.69, 9.17) is 15.6 Å². The highest BCUT2D eigenvalue weighted by Crippen LogP contribution is 2.24. The number of carbonyl (C=O) groups is 1. The van der Waals surface area contributed by atoms with E-state index in [1.165, 1.54) is 4.90 Å². The van der Waals surface area contributed by atoms with Crippen LogP contribution in [0.4, 0.5) is 10.5 Å². The highest BCUT2D eigenvalue weighted by Gasteiger charge is 2.28. The van der Waals surface area contributed by atoms with Crippen LogP contribution < -0.4 is 5.73 Å². The van der Waals surface area contributed by atoms with Crippen molar-refractivity contribution in [3.8, 4) is 0 Å². The van der Waals surface area contributed by atoms with Crippen molar-refractivity contribution >= 4 is 11.8 Å². The summed E-state index contributed by atoms with van der Waals surface area (Å²) in [7, 11) is 0. The minimum Gasteiger partial charge on any atom is -0.465 e. The predicted octanol–water partition coefficient (Wildman–Crippen LogP) is 1.32. The first-order chi connectivity index (χ1) is 7.68. The number of hydrogen-bond donors (Lipinski definition) is 2. The molecule has 1 aromatic rings. The highest BCUT2D eigenvalue weighted by molar-refractivity contribution is 5.66. The lowest BCUT2D eigenvalue weighted by atomic mass is 10.1. The first-order valence-corrected chi connectivity index (χ1v) is 5.11. The number of morpholine rings is 1. The number of nitrogens with two attached hydrogens (primary N) is 1. The molecule has 1 fully saturated rings. The third-order valence-electron chi connectivity index (χ3n) is 2.70. The molecule has 0 aromatic heterocycles. The molecule has 0 spiro atoms. The zero-order valence-electron chi connectivity index (χ0n) is 8.80. The van der Waals surface area contributed by atoms with Crippen molar-refractivity contribution in [3.05, 3.63) is 29.8 Å². The van der Waals surface area contributed by atoms with Gasteiger partial charge in [-0.3, -0.25) is 4.90 Å². The molecular formula is C11H14N2O3. The molecule has 0 unspecified atom stereocenters. The van der Waals surface area contributed by atoms with Gasteiger partial charge in [0.25, 0.3) is 0 Å². The molecule has 1 amide bonds. The fourth-order valence-corrected chi connectivity index (χ4v) is 1.83. The van der Waals surface area contributed by atoms with Crippen LogP contribution in [0.5, 0.6) is 0 Å². The molecular weight excluding hydrogens is 208 g/mol. The molecule has 1 saturated heterocycles. The van der Waals surface area contributed by atoms with E-state index in [9.17, 15) is 4.79 Å². The second-order valence-corrected chi connectivity index (χ2v) is 3.73. The third kappa shape index (κ3) is 2.09. The van der Waals surface area contributed by atoms with Gasteiger partial charge in [-0.25, -0.2) is 4.79 Å². The van der Waals surface area contributed by atoms with E-state index < -0.39 is 6.09 Å². The molecule has 16 heavy (non-hydrogen) atoms. The molecule has 86 valence electrons. The number of amides is 1. The van der Waals surface area contributed by atoms with Gasteiger partial charge >= 0.3 is 6.09 Å². The van der Waals surface area contributed by atoms with Crippen molar-refractivity contribution in [3.63, 3.8) is 0 Å². The Morgan fingerprint density at radius 3 is 2.75 bits per heavy atom. The normalized spacial score (nSPS) is 20.8. The van der Waals surface area contributed by atoms with Crippen molar-refractivity contribution in [1.29, 1.82) is 0 Å². The van der Waals surface area contributed by atoms with E-state index in [1.54, 1.807) is 12.1 Å². The molecule has 0 saturated carbocycles. The number of ether oxygens (including phenoxy) is 1. The van der Waals surface area contributed by atoms with Gasteiger partial charge in [-0.1, -0.05) is 12.1 Å². The molecule has 1 aliphatic heterocycles. The molecule has 1 heterocycles. The molecule has 0 radical (unpaired) electrons. The average molecular weight is 222 g/mol. The third-order valence-corrected chi connectivity index (χ3v) is 2.70. The Morgan fingerprint density at radius 1 is 1.44 bits per heavy atom. The molecule has 5 heteroatoms. The summed E-state index contributed by atoms with van der Waals surface area (Å²) in [6.45, 7) is 1.26. The van der Waals surface area contributed by atoms with Crippen molar-refractivity contribution in [2.24, 2.45) is 0 Å². The van der Waals surface area contributed by atoms with Gasteiger partial charge in [0.2, 0.25) is 0 Å². The largest absolute Gasteiger partial charge is 0.465 e. The van der Waals surface area contributed by atoms with Crippen LogP contribution in [0, 0.1) is 0 Å². The first kappa shape index (κ1) is 10.8. The Balaban J connectivity index is 2.23. The van der Waals surface area contributed by atoms with Crippen LogP contribution in [0.3, 0.4) is 0 Å². The summed E-state index contributed by atoms with van der Waals surface area (Å²) in [5.74, 6) is 0. The highest BCUT2D eigenvalue weighted by atomic mass is 16.5. The molecule has 1 aromatic carbocycles. The molecule has 1 aliphatic rings. The monoisotopic (exact) mass is 222 g/mol. The fourth-order valence-electron chi connectivity index (χ4n) is 1.83. The lowest BCUT2D eigenvalue weighted by molar-refractivity contribution is -0.000889. The topological polar surface area (TPSA) is 75.8 Å². The number of nitrogens with zero attached hydrogens (tertiary/aromatic N) is 1. The van der Waals surface area contributed by atoms with E-state index in [-0.39, 0.29) is 6.04 Å². The summed E-state index contributed by atoms with van der Waals surface area (Å²) in [6.07, 6.45) is -0.912. The zero-order valence-corrected chi connectivity index (χ0v) is 8.80. The van der Waals surface area contributed by atoms with Gasteiger partial charge in [0, 0.05) is 12.2 Å². The fraction of sp³-hybridized carbons (Fsp3) is 0.364. The summed E-state index contributed by atoms with van der Waals surface area (Å²) in [5.41, 5.74) is 7.17. The lowest BCUT2D eigenvalue weighted by Crippen LogP contribution is -2.42. The van der Waals surface area contributed by atoms with Crippen molar-refractivity contribution in [2.75, 3.05) is 25.5 Å². The summed E-state index contributed by atoms with van der Waals surface area (Å²) in [6, 6.07) is 6.98. The van der Waals surface area contributed by atoms with Gasteiger partial charge in [-0.05, 0) is 17.7 Å². The maximum atomic E-state index is 11.1. The molecule has 3 N–H and O–H groups in total. The molecule has 5 nitrogen and oxygen atoms in total. The number of carboxylic acid groups (broad SMARTS) is 1. The van der Waals surface area contributed by atoms with Crippen LogP contribution in [0.1, 0.15) is 11.6 Å². The van der Waals surface area contributed by atoms with E-state index in [2.05, 4.69) is 0 Å². The van der Waals surface area contributed by atoms with Gasteiger partial charge < -0.3 is 15.6 Å². The van der Waals surface area contributed by atoms with Crippen LogP contribution in [0.15, 0.2) is 24.3 Å². The average Bonchev–Trinajstić information content (AvgIpc) is 2.30. The number of benzene rings is 1. The van der Waals surface area contributed by atoms with Gasteiger partial charge in [0.1, 0.15) is 0 Å². The first-order valence-electron chi connectivity index (χ1n) is 5.11. The van der Waals surface area contributed by atoms with Gasteiger partial charge in [-0.2, -0.15) is 0 Å². The smallest absolute Gasteiger partial charge is 0.407 e. The zero-order chi connectivity index (χ0) is 11.5. The molecule has 0 bridgehead atoms. The Morgan fingerprint density at radius 2 is 2.12 bits per heavy atom. The van der Waals surface area contributed by atoms with Crippen LogP contribution in [0.25, 0.3) is 0 Å². The van der Waals surface area contributed by atoms with Crippen LogP contribution in [-0.2, 0) is 4.74 Å². The van der Waals surface area contributed by atoms with E-state index in [0.29, 0.717) is 25.4 Å². The van der Waals surface area contributed by atoms with E-state index in [0.717, 1.165) is 5.56 Å². The second-order valence-electron chi connectivity index (χ2n) is 3.73. The number of hydrogen-bond acceptors (Lipinski definition) is 3. The SMILES string of the molecule is Nc1ccc([C@@H]2COCCN2C(=O)O)cc1. The van der Waals surface area contributed by atoms with Crippen molar-refractivity contribution in [1.82, 2.24) is 4.90 Å². The van der Waals surface area contributed by atoms with Gasteiger partial charge in [0.05, 0.1) is 19.3 Å². The maximum absolute atomic E-state index is 11.1. The van der Waals surface area contributed by atoms with E-state index >= 15 is 0 Å². The summed E-state index contributed by atoms with van der Waals surface area (Å²) >= 11 is 0. The van der Waals surface area contributed by atoms with Crippen LogP contribution in [0.2, 0.25) is 0 Å². The van der Waals surface area contributed by atoms with Crippen molar-refractivity contribution < 1.29 is 14.6 Å². The number of rotatable bonds is 1. The van der Waals surface area contributed by atoms with Crippen LogP contribution in [-0.4, -0.2) is 35.9 Å². The minimum absolute atomic E-state index is 0.230. The molecule has 2 rings (SSSR count). The van der Waals surface area contributed by atoms with Crippen molar-refractivity contribution in [2.45, 2.75) is 6.04 Å². The number of nitrogen functional groups attached to an aromatic ring is 1. The minimum atomic E-state index is -0.912. The second kappa shape index (κ2) is 4.40. The lowest BCUT2D eigenvalue weighted by Gasteiger charge is -2.33. The van der Waals surface area contributed by atoms with E-state index in [1.807, 2.05) is 12.1 Å². The maximum Gasteiger partial charge on any atom is 0.407 e. The summed E-state index contributed by atoms with van der Waals surface area (Å²) < 4.78 is 5.31. The van der Waals surface area contributed by atoms with Crippen LogP contribution >= 0.6 is 0 Å². The Hall–Kier alpha value is -1.75. The Labute approximate surface area is 93.4 Å². The van der Waals surface area contributed by atoms with Gasteiger partial charge in [-0.15, -0.1) is 0 Å². The Bertz CT molecular complexity index is 377.